The summed E-state index contributed by atoms with van der Waals surface area (Å²) in [6.07, 6.45) is 5.37. The quantitative estimate of drug-likeness (QED) is 0.829. The number of nitrogens with one attached hydrogen (secondary N) is 2. The molecule has 6 nitrogen and oxygen atoms in total. The Morgan fingerprint density at radius 1 is 1.08 bits per heavy atom. The van der Waals surface area contributed by atoms with E-state index in [0.717, 1.165) is 48.3 Å². The Morgan fingerprint density at radius 3 is 2.46 bits per heavy atom. The Balaban J connectivity index is 1.61. The van der Waals surface area contributed by atoms with Crippen molar-refractivity contribution in [2.45, 2.75) is 52.4 Å². The highest BCUT2D eigenvalue weighted by atomic mass is 16.2. The standard InChI is InChI=1S/C20H26N4O2/c1-14-18(15(2)24(23-14)17-11-7-4-8-12-17)13-19(25)21-22-20(26)16-9-5-3-6-10-16/h4,7-8,11-12,16H,3,5-6,9-10,13H2,1-2H3,(H,21,25)(H,22,26). The second-order valence-corrected chi connectivity index (χ2v) is 6.95. The average molecular weight is 354 g/mol. The van der Waals surface area contributed by atoms with E-state index in [1.54, 1.807) is 0 Å². The summed E-state index contributed by atoms with van der Waals surface area (Å²) in [5.74, 6) is -0.284. The number of para-hydroxylation sites is 1. The summed E-state index contributed by atoms with van der Waals surface area (Å²) in [5.41, 5.74) is 8.74. The summed E-state index contributed by atoms with van der Waals surface area (Å²) >= 11 is 0. The van der Waals surface area contributed by atoms with Gasteiger partial charge in [-0.3, -0.25) is 20.4 Å². The van der Waals surface area contributed by atoms with Crippen LogP contribution in [-0.4, -0.2) is 21.6 Å². The molecule has 2 aromatic rings. The number of hydrazine groups is 1. The number of carbonyl (C=O) groups excluding carboxylic acids is 2. The van der Waals surface area contributed by atoms with E-state index in [0.29, 0.717) is 0 Å². The number of amides is 2. The number of aromatic nitrogens is 2. The first-order valence-corrected chi connectivity index (χ1v) is 9.25. The predicted octanol–water partition coefficient (Wildman–Crippen LogP) is 2.76. The molecule has 138 valence electrons. The molecule has 26 heavy (non-hydrogen) atoms. The lowest BCUT2D eigenvalue weighted by molar-refractivity contribution is -0.131. The van der Waals surface area contributed by atoms with Crippen LogP contribution >= 0.6 is 0 Å². The Labute approximate surface area is 153 Å². The first-order chi connectivity index (χ1) is 12.6. The predicted molar refractivity (Wildman–Crippen MR) is 99.6 cm³/mol. The highest BCUT2D eigenvalue weighted by Gasteiger charge is 2.22. The molecule has 0 spiro atoms. The summed E-state index contributed by atoms with van der Waals surface area (Å²) in [5, 5.41) is 4.55. The largest absolute Gasteiger partial charge is 0.273 e. The number of aryl methyl sites for hydroxylation is 1. The van der Waals surface area contributed by atoms with Crippen LogP contribution in [0.5, 0.6) is 0 Å². The highest BCUT2D eigenvalue weighted by Crippen LogP contribution is 2.23. The maximum absolute atomic E-state index is 12.3. The molecule has 1 aromatic heterocycles. The van der Waals surface area contributed by atoms with Crippen molar-refractivity contribution >= 4 is 11.8 Å². The van der Waals surface area contributed by atoms with E-state index in [1.807, 2.05) is 48.9 Å². The van der Waals surface area contributed by atoms with Crippen molar-refractivity contribution in [3.05, 3.63) is 47.3 Å². The molecule has 0 radical (unpaired) electrons. The topological polar surface area (TPSA) is 76.0 Å². The molecule has 3 rings (SSSR count). The van der Waals surface area contributed by atoms with Gasteiger partial charge in [-0.1, -0.05) is 37.5 Å². The van der Waals surface area contributed by atoms with Crippen LogP contribution in [0.1, 0.15) is 49.1 Å². The molecular formula is C20H26N4O2. The van der Waals surface area contributed by atoms with Crippen LogP contribution in [0.25, 0.3) is 5.69 Å². The summed E-state index contributed by atoms with van der Waals surface area (Å²) in [7, 11) is 0. The van der Waals surface area contributed by atoms with Gasteiger partial charge in [0.1, 0.15) is 0 Å². The van der Waals surface area contributed by atoms with Crippen molar-refractivity contribution in [1.82, 2.24) is 20.6 Å². The third-order valence-electron chi connectivity index (χ3n) is 5.08. The molecule has 0 bridgehead atoms. The van der Waals surface area contributed by atoms with Crippen LogP contribution in [0.4, 0.5) is 0 Å². The van der Waals surface area contributed by atoms with Crippen molar-refractivity contribution in [3.63, 3.8) is 0 Å². The monoisotopic (exact) mass is 354 g/mol. The minimum absolute atomic E-state index is 0.0216. The third-order valence-corrected chi connectivity index (χ3v) is 5.08. The zero-order valence-corrected chi connectivity index (χ0v) is 15.4. The second kappa shape index (κ2) is 8.17. The van der Waals surface area contributed by atoms with E-state index in [9.17, 15) is 9.59 Å². The molecule has 0 unspecified atom stereocenters. The fourth-order valence-electron chi connectivity index (χ4n) is 3.55. The molecule has 0 aliphatic heterocycles. The van der Waals surface area contributed by atoms with E-state index < -0.39 is 0 Å². The van der Waals surface area contributed by atoms with Gasteiger partial charge in [0.05, 0.1) is 17.8 Å². The lowest BCUT2D eigenvalue weighted by atomic mass is 9.89. The Bertz CT molecular complexity index is 777. The van der Waals surface area contributed by atoms with Crippen LogP contribution in [-0.2, 0) is 16.0 Å². The molecule has 2 N–H and O–H groups in total. The van der Waals surface area contributed by atoms with Crippen LogP contribution < -0.4 is 10.9 Å². The fourth-order valence-corrected chi connectivity index (χ4v) is 3.55. The zero-order chi connectivity index (χ0) is 18.5. The van der Waals surface area contributed by atoms with E-state index in [4.69, 9.17) is 0 Å². The van der Waals surface area contributed by atoms with E-state index >= 15 is 0 Å². The van der Waals surface area contributed by atoms with Gasteiger partial charge in [-0.15, -0.1) is 0 Å². The van der Waals surface area contributed by atoms with Crippen molar-refractivity contribution in [3.8, 4) is 5.69 Å². The smallest absolute Gasteiger partial charge is 0.242 e. The summed E-state index contributed by atoms with van der Waals surface area (Å²) in [6.45, 7) is 3.85. The third kappa shape index (κ3) is 4.12. The number of carbonyl (C=O) groups is 2. The first-order valence-electron chi connectivity index (χ1n) is 9.25. The Hall–Kier alpha value is -2.63. The van der Waals surface area contributed by atoms with E-state index in [2.05, 4.69) is 16.0 Å². The number of nitrogens with zero attached hydrogens (tertiary/aromatic N) is 2. The second-order valence-electron chi connectivity index (χ2n) is 6.95. The van der Waals surface area contributed by atoms with Crippen LogP contribution in [0.2, 0.25) is 0 Å². The number of rotatable bonds is 4. The molecule has 1 aromatic carbocycles. The van der Waals surface area contributed by atoms with Gasteiger partial charge < -0.3 is 0 Å². The van der Waals surface area contributed by atoms with Crippen LogP contribution in [0.15, 0.2) is 30.3 Å². The first kappa shape index (κ1) is 18.2. The van der Waals surface area contributed by atoms with Crippen molar-refractivity contribution in [1.29, 1.82) is 0 Å². The summed E-state index contributed by atoms with van der Waals surface area (Å²) in [4.78, 5) is 24.4. The lowest BCUT2D eigenvalue weighted by Crippen LogP contribution is -2.45. The normalized spacial score (nSPS) is 14.8. The Morgan fingerprint density at radius 2 is 1.77 bits per heavy atom. The SMILES string of the molecule is Cc1nn(-c2ccccc2)c(C)c1CC(=O)NNC(=O)C1CCCCC1. The number of benzene rings is 1. The maximum Gasteiger partial charge on any atom is 0.242 e. The average Bonchev–Trinajstić information content (AvgIpc) is 2.95. The van der Waals surface area contributed by atoms with Crippen molar-refractivity contribution in [2.75, 3.05) is 0 Å². The minimum atomic E-state index is -0.229. The van der Waals surface area contributed by atoms with Crippen molar-refractivity contribution in [2.24, 2.45) is 5.92 Å². The van der Waals surface area contributed by atoms with Gasteiger partial charge in [-0.2, -0.15) is 5.10 Å². The molecule has 1 saturated carbocycles. The molecule has 1 aliphatic rings. The molecule has 1 heterocycles. The molecule has 0 saturated heterocycles. The van der Waals surface area contributed by atoms with Gasteiger partial charge in [0.2, 0.25) is 11.8 Å². The molecule has 1 fully saturated rings. The van der Waals surface area contributed by atoms with E-state index in [-0.39, 0.29) is 24.2 Å². The van der Waals surface area contributed by atoms with Gasteiger partial charge in [-0.05, 0) is 38.8 Å². The molecule has 1 aliphatic carbocycles. The molecular weight excluding hydrogens is 328 g/mol. The van der Waals surface area contributed by atoms with Gasteiger partial charge in [0, 0.05) is 17.2 Å². The number of hydrogen-bond donors (Lipinski definition) is 2. The minimum Gasteiger partial charge on any atom is -0.273 e. The van der Waals surface area contributed by atoms with Gasteiger partial charge in [-0.25, -0.2) is 4.68 Å². The van der Waals surface area contributed by atoms with Crippen LogP contribution in [0.3, 0.4) is 0 Å². The Kier molecular flexibility index (Phi) is 5.71. The van der Waals surface area contributed by atoms with Crippen LogP contribution in [0, 0.1) is 19.8 Å². The van der Waals surface area contributed by atoms with Gasteiger partial charge in [0.25, 0.3) is 0 Å². The lowest BCUT2D eigenvalue weighted by Gasteiger charge is -2.20. The van der Waals surface area contributed by atoms with Crippen molar-refractivity contribution < 1.29 is 9.59 Å². The highest BCUT2D eigenvalue weighted by molar-refractivity contribution is 5.84. The fraction of sp³-hybridized carbons (Fsp3) is 0.450. The van der Waals surface area contributed by atoms with Gasteiger partial charge in [0.15, 0.2) is 0 Å². The maximum atomic E-state index is 12.3. The molecule has 0 atom stereocenters. The number of hydrogen-bond acceptors (Lipinski definition) is 3. The van der Waals surface area contributed by atoms with E-state index in [1.165, 1.54) is 6.42 Å². The van der Waals surface area contributed by atoms with Gasteiger partial charge >= 0.3 is 0 Å². The summed E-state index contributed by atoms with van der Waals surface area (Å²) in [6, 6.07) is 9.83. The molecule has 2 amide bonds. The summed E-state index contributed by atoms with van der Waals surface area (Å²) < 4.78 is 1.85. The zero-order valence-electron chi connectivity index (χ0n) is 15.4. The molecule has 6 heteroatoms.